The number of nitrogens with one attached hydrogen (secondary N) is 1. The highest BCUT2D eigenvalue weighted by atomic mass is 31.2. The molecule has 9 heteroatoms. The highest BCUT2D eigenvalue weighted by molar-refractivity contribution is 7.45. The predicted octanol–water partition coefficient (Wildman–Crippen LogP) is 20.5. The molecule has 1 amide bonds. The van der Waals surface area contributed by atoms with Crippen molar-refractivity contribution in [3.8, 4) is 0 Å². The number of carbonyl (C=O) groups excluding carboxylic acids is 1. The lowest BCUT2D eigenvalue weighted by molar-refractivity contribution is -0.870. The molecule has 0 aromatic carbocycles. The van der Waals surface area contributed by atoms with Gasteiger partial charge < -0.3 is 28.8 Å². The summed E-state index contributed by atoms with van der Waals surface area (Å²) < 4.78 is 23.4. The molecule has 0 fully saturated rings. The second-order valence-electron chi connectivity index (χ2n) is 24.9. The van der Waals surface area contributed by atoms with Gasteiger partial charge in [-0.15, -0.1) is 0 Å². The summed E-state index contributed by atoms with van der Waals surface area (Å²) in [5.74, 6) is -0.157. The summed E-state index contributed by atoms with van der Waals surface area (Å²) in [7, 11) is 1.33. The Hall–Kier alpha value is -0.500. The molecule has 8 nitrogen and oxygen atoms in total. The average molecular weight is 1080 g/mol. The van der Waals surface area contributed by atoms with Crippen molar-refractivity contribution in [3.05, 3.63) is 0 Å². The van der Waals surface area contributed by atoms with Crippen LogP contribution in [0.25, 0.3) is 0 Å². The van der Waals surface area contributed by atoms with Gasteiger partial charge in [0.2, 0.25) is 5.91 Å². The molecular formula is C66H135N2O6P. The van der Waals surface area contributed by atoms with Crippen molar-refractivity contribution < 1.29 is 32.9 Å². The minimum atomic E-state index is -4.56. The third kappa shape index (κ3) is 61.0. The number of hydrogen-bond acceptors (Lipinski definition) is 6. The fourth-order valence-corrected chi connectivity index (χ4v) is 11.5. The normalized spacial score (nSPS) is 13.6. The lowest BCUT2D eigenvalue weighted by Crippen LogP contribution is -2.46. The van der Waals surface area contributed by atoms with Gasteiger partial charge in [-0.05, 0) is 12.8 Å². The molecule has 75 heavy (non-hydrogen) atoms. The first-order valence-electron chi connectivity index (χ1n) is 33.9. The van der Waals surface area contributed by atoms with Crippen LogP contribution in [0, 0.1) is 0 Å². The third-order valence-corrected chi connectivity index (χ3v) is 17.1. The summed E-state index contributed by atoms with van der Waals surface area (Å²) in [6.07, 6.45) is 72.1. The molecule has 0 aromatic heterocycles. The van der Waals surface area contributed by atoms with Gasteiger partial charge in [0.15, 0.2) is 0 Å². The van der Waals surface area contributed by atoms with Gasteiger partial charge >= 0.3 is 0 Å². The number of phosphoric ester groups is 1. The van der Waals surface area contributed by atoms with Crippen LogP contribution in [0.5, 0.6) is 0 Å². The van der Waals surface area contributed by atoms with Gasteiger partial charge in [0.25, 0.3) is 7.82 Å². The van der Waals surface area contributed by atoms with Crippen molar-refractivity contribution in [3.63, 3.8) is 0 Å². The van der Waals surface area contributed by atoms with Crippen LogP contribution in [0.1, 0.15) is 367 Å². The van der Waals surface area contributed by atoms with Crippen LogP contribution in [0.4, 0.5) is 0 Å². The first kappa shape index (κ1) is 74.5. The van der Waals surface area contributed by atoms with Crippen molar-refractivity contribution >= 4 is 13.7 Å². The van der Waals surface area contributed by atoms with E-state index >= 15 is 0 Å². The summed E-state index contributed by atoms with van der Waals surface area (Å²) in [4.78, 5) is 25.5. The number of carbonyl (C=O) groups is 1. The molecule has 0 bridgehead atoms. The van der Waals surface area contributed by atoms with E-state index in [1.54, 1.807) is 0 Å². The van der Waals surface area contributed by atoms with Crippen LogP contribution >= 0.6 is 7.82 Å². The smallest absolute Gasteiger partial charge is 0.268 e. The summed E-state index contributed by atoms with van der Waals surface area (Å²) in [6.45, 7) is 4.77. The quantitative estimate of drug-likeness (QED) is 0.0357. The highest BCUT2D eigenvalue weighted by Crippen LogP contribution is 2.38. The number of nitrogens with zero attached hydrogens (tertiary/aromatic N) is 1. The fourth-order valence-electron chi connectivity index (χ4n) is 10.8. The SMILES string of the molecule is CCCCCCCCCCCCCCCCCCCCCCCCCCCCCCCCCCCCCCCCCCCC(=O)NC(COP(=O)([O-])OCC[N+](C)(C)C)C(O)CCCCCCCCCCCCCC. The second-order valence-corrected chi connectivity index (χ2v) is 26.3. The number of rotatable bonds is 64. The molecular weight excluding hydrogens is 948 g/mol. The number of hydrogen-bond donors (Lipinski definition) is 2. The summed E-state index contributed by atoms with van der Waals surface area (Å²) >= 11 is 0. The zero-order chi connectivity index (χ0) is 54.9. The molecule has 0 radical (unpaired) electrons. The standard InChI is InChI=1S/C66H135N2O6P/c1-6-8-10-12-14-16-18-20-21-22-23-24-25-26-27-28-29-30-31-32-33-34-35-36-37-38-39-40-41-42-43-44-45-46-47-48-50-52-54-56-58-60-66(70)67-64(63-74-75(71,72)73-62-61-68(3,4)5)65(69)59-57-55-53-51-49-19-17-15-13-11-9-7-2/h64-65,69H,6-63H2,1-5H3,(H-,67,70,71,72). The monoisotopic (exact) mass is 1080 g/mol. The Balaban J connectivity index is 3.74. The number of quaternary nitrogens is 1. The molecule has 0 aliphatic carbocycles. The van der Waals surface area contributed by atoms with Gasteiger partial charge in [-0.2, -0.15) is 0 Å². The fraction of sp³-hybridized carbons (Fsp3) is 0.985. The minimum absolute atomic E-state index is 0.0164. The van der Waals surface area contributed by atoms with E-state index in [-0.39, 0.29) is 19.1 Å². The molecule has 0 saturated carbocycles. The molecule has 0 saturated heterocycles. The minimum Gasteiger partial charge on any atom is -0.756 e. The molecule has 2 N–H and O–H groups in total. The van der Waals surface area contributed by atoms with E-state index < -0.39 is 20.0 Å². The Morgan fingerprint density at radius 3 is 0.907 bits per heavy atom. The topological polar surface area (TPSA) is 108 Å². The van der Waals surface area contributed by atoms with Crippen LogP contribution in [0.2, 0.25) is 0 Å². The van der Waals surface area contributed by atoms with Crippen LogP contribution in [0.3, 0.4) is 0 Å². The number of amides is 1. The molecule has 3 unspecified atom stereocenters. The number of unbranched alkanes of at least 4 members (excludes halogenated alkanes) is 51. The highest BCUT2D eigenvalue weighted by Gasteiger charge is 2.24. The largest absolute Gasteiger partial charge is 0.756 e. The van der Waals surface area contributed by atoms with Gasteiger partial charge in [0, 0.05) is 6.42 Å². The molecule has 450 valence electrons. The molecule has 0 rings (SSSR count). The van der Waals surface area contributed by atoms with Gasteiger partial charge in [0.1, 0.15) is 13.2 Å². The van der Waals surface area contributed by atoms with Crippen molar-refractivity contribution in [2.75, 3.05) is 40.9 Å². The van der Waals surface area contributed by atoms with Crippen molar-refractivity contribution in [1.29, 1.82) is 0 Å². The molecule has 0 spiro atoms. The van der Waals surface area contributed by atoms with Gasteiger partial charge in [0.05, 0.1) is 39.9 Å². The lowest BCUT2D eigenvalue weighted by atomic mass is 10.0. The molecule has 0 aliphatic heterocycles. The molecule has 0 aromatic rings. The molecule has 0 heterocycles. The Morgan fingerprint density at radius 2 is 0.653 bits per heavy atom. The zero-order valence-electron chi connectivity index (χ0n) is 51.5. The Labute approximate surface area is 470 Å². The Bertz CT molecular complexity index is 1180. The third-order valence-electron chi connectivity index (χ3n) is 16.1. The van der Waals surface area contributed by atoms with E-state index in [0.717, 1.165) is 38.5 Å². The Kier molecular flexibility index (Phi) is 57.8. The van der Waals surface area contributed by atoms with E-state index in [2.05, 4.69) is 19.2 Å². The van der Waals surface area contributed by atoms with Crippen LogP contribution in [0.15, 0.2) is 0 Å². The molecule has 0 aliphatic rings. The number of phosphoric acid groups is 1. The van der Waals surface area contributed by atoms with Crippen molar-refractivity contribution in [2.45, 2.75) is 379 Å². The maximum atomic E-state index is 13.0. The Morgan fingerprint density at radius 1 is 0.413 bits per heavy atom. The van der Waals surface area contributed by atoms with E-state index in [9.17, 15) is 19.4 Å². The van der Waals surface area contributed by atoms with E-state index in [4.69, 9.17) is 9.05 Å². The second kappa shape index (κ2) is 58.2. The van der Waals surface area contributed by atoms with Crippen molar-refractivity contribution in [1.82, 2.24) is 5.32 Å². The summed E-state index contributed by atoms with van der Waals surface area (Å²) in [6, 6.07) is -0.794. The van der Waals surface area contributed by atoms with Crippen LogP contribution in [-0.2, 0) is 18.4 Å². The summed E-state index contributed by atoms with van der Waals surface area (Å²) in [5.41, 5.74) is 0. The first-order chi connectivity index (χ1) is 36.5. The van der Waals surface area contributed by atoms with Gasteiger partial charge in [-0.25, -0.2) is 0 Å². The lowest BCUT2D eigenvalue weighted by Gasteiger charge is -2.30. The summed E-state index contributed by atoms with van der Waals surface area (Å²) in [5, 5.41) is 14.0. The number of aliphatic hydroxyl groups is 1. The van der Waals surface area contributed by atoms with E-state index in [0.29, 0.717) is 23.9 Å². The number of likely N-dealkylation sites (N-methyl/N-ethyl adjacent to an activating group) is 1. The van der Waals surface area contributed by atoms with E-state index in [1.165, 1.54) is 302 Å². The molecule has 3 atom stereocenters. The first-order valence-corrected chi connectivity index (χ1v) is 35.3. The average Bonchev–Trinajstić information content (AvgIpc) is 3.37. The predicted molar refractivity (Wildman–Crippen MR) is 326 cm³/mol. The van der Waals surface area contributed by atoms with E-state index in [1.807, 2.05) is 21.1 Å². The van der Waals surface area contributed by atoms with Gasteiger partial charge in [-0.3, -0.25) is 9.36 Å². The van der Waals surface area contributed by atoms with Crippen molar-refractivity contribution in [2.24, 2.45) is 0 Å². The van der Waals surface area contributed by atoms with Crippen LogP contribution < -0.4 is 10.2 Å². The maximum Gasteiger partial charge on any atom is 0.268 e. The zero-order valence-corrected chi connectivity index (χ0v) is 52.4. The van der Waals surface area contributed by atoms with Crippen LogP contribution in [-0.4, -0.2) is 68.5 Å². The maximum absolute atomic E-state index is 13.0. The number of aliphatic hydroxyl groups excluding tert-OH is 1. The van der Waals surface area contributed by atoms with Gasteiger partial charge in [-0.1, -0.05) is 348 Å².